The fourth-order valence-corrected chi connectivity index (χ4v) is 6.24. The molecule has 0 aromatic heterocycles. The Hall–Kier alpha value is -1.09. The van der Waals surface area contributed by atoms with Crippen molar-refractivity contribution in [1.82, 2.24) is 20.0 Å². The molecule has 10 heteroatoms. The zero-order chi connectivity index (χ0) is 24.0. The molecular weight excluding hydrogens is 535 g/mol. The summed E-state index contributed by atoms with van der Waals surface area (Å²) in [6.45, 7) is 10.2. The number of amides is 1. The number of ether oxygens (including phenoxy) is 1. The molecule has 1 atom stereocenters. The highest BCUT2D eigenvalue weighted by Gasteiger charge is 2.45. The Morgan fingerprint density at radius 1 is 0.919 bits per heavy atom. The van der Waals surface area contributed by atoms with E-state index in [1.54, 1.807) is 0 Å². The lowest BCUT2D eigenvalue weighted by molar-refractivity contribution is -0.155. The minimum atomic E-state index is -0.847. The number of carbonyl (C=O) groups excluding carboxylic acids is 2. The summed E-state index contributed by atoms with van der Waals surface area (Å²) in [5.74, 6) is -0.433. The molecular formula is C27H45Cl3N4O3. The lowest BCUT2D eigenvalue weighted by atomic mass is 9.78. The average Bonchev–Trinajstić information content (AvgIpc) is 2.85. The molecule has 3 aliphatic rings. The molecule has 2 aliphatic heterocycles. The fraction of sp³-hybridized carbons (Fsp3) is 0.704. The van der Waals surface area contributed by atoms with Crippen LogP contribution >= 0.6 is 37.2 Å². The van der Waals surface area contributed by atoms with Crippen LogP contribution in [0.2, 0.25) is 0 Å². The second-order valence-electron chi connectivity index (χ2n) is 10.2. The number of hydrogen-bond donors (Lipinski definition) is 1. The van der Waals surface area contributed by atoms with Gasteiger partial charge < -0.3 is 10.1 Å². The van der Waals surface area contributed by atoms with Gasteiger partial charge in [0, 0.05) is 45.7 Å². The van der Waals surface area contributed by atoms with E-state index in [9.17, 15) is 9.59 Å². The first-order chi connectivity index (χ1) is 16.5. The Labute approximate surface area is 241 Å². The average molecular weight is 580 g/mol. The zero-order valence-electron chi connectivity index (χ0n) is 22.2. The molecule has 1 aliphatic carbocycles. The number of esters is 1. The lowest BCUT2D eigenvalue weighted by Gasteiger charge is -2.49. The summed E-state index contributed by atoms with van der Waals surface area (Å²) in [6.07, 6.45) is 7.56. The monoisotopic (exact) mass is 578 g/mol. The molecule has 37 heavy (non-hydrogen) atoms. The third kappa shape index (κ3) is 8.70. The van der Waals surface area contributed by atoms with Gasteiger partial charge in [0.25, 0.3) is 0 Å². The molecule has 0 radical (unpaired) electrons. The van der Waals surface area contributed by atoms with Crippen molar-refractivity contribution in [3.8, 4) is 0 Å². The van der Waals surface area contributed by atoms with E-state index in [0.717, 1.165) is 45.6 Å². The molecule has 3 fully saturated rings. The van der Waals surface area contributed by atoms with Crippen molar-refractivity contribution in [2.45, 2.75) is 83.1 Å². The molecule has 1 unspecified atom stereocenters. The van der Waals surface area contributed by atoms with E-state index in [1.807, 2.05) is 6.92 Å². The molecule has 1 amide bonds. The van der Waals surface area contributed by atoms with Crippen molar-refractivity contribution in [2.75, 3.05) is 39.3 Å². The maximum absolute atomic E-state index is 12.7. The summed E-state index contributed by atoms with van der Waals surface area (Å²) < 4.78 is 5.32. The minimum absolute atomic E-state index is 0. The van der Waals surface area contributed by atoms with Gasteiger partial charge in [-0.05, 0) is 64.0 Å². The van der Waals surface area contributed by atoms with Crippen LogP contribution in [0.3, 0.4) is 0 Å². The standard InChI is InChI=1S/C27H42N4O3.3ClH/c1-3-34-26(33)27(28-22(2)32)14-12-24(13-15-27)29-17-19-30(20-18-29)25-11-7-8-16-31(25)21-23-9-5-4-6-10-23;;;/h4-6,9-10,24-25H,3,7-8,11-21H2,1-2H3,(H,28,32);3*1H. The predicted molar refractivity (Wildman–Crippen MR) is 155 cm³/mol. The highest BCUT2D eigenvalue weighted by molar-refractivity contribution is 5.87. The molecule has 1 aromatic rings. The summed E-state index contributed by atoms with van der Waals surface area (Å²) in [6, 6.07) is 11.3. The Balaban J connectivity index is 0.00000228. The maximum atomic E-state index is 12.7. The van der Waals surface area contributed by atoms with Crippen molar-refractivity contribution in [3.63, 3.8) is 0 Å². The fourth-order valence-electron chi connectivity index (χ4n) is 6.24. The van der Waals surface area contributed by atoms with Crippen LogP contribution in [0.1, 0.15) is 64.4 Å². The number of nitrogens with zero attached hydrogens (tertiary/aromatic N) is 3. The van der Waals surface area contributed by atoms with E-state index in [-0.39, 0.29) is 49.1 Å². The number of piperazine rings is 1. The number of nitrogens with one attached hydrogen (secondary N) is 1. The van der Waals surface area contributed by atoms with Crippen LogP contribution in [0.5, 0.6) is 0 Å². The van der Waals surface area contributed by atoms with Crippen LogP contribution in [0.4, 0.5) is 0 Å². The Morgan fingerprint density at radius 3 is 2.14 bits per heavy atom. The third-order valence-electron chi connectivity index (χ3n) is 7.98. The number of rotatable bonds is 7. The molecule has 0 bridgehead atoms. The van der Waals surface area contributed by atoms with Crippen molar-refractivity contribution >= 4 is 49.1 Å². The zero-order valence-corrected chi connectivity index (χ0v) is 24.7. The minimum Gasteiger partial charge on any atom is -0.464 e. The lowest BCUT2D eigenvalue weighted by Crippen LogP contribution is -2.61. The Bertz CT molecular complexity index is 816. The van der Waals surface area contributed by atoms with Gasteiger partial charge in [-0.25, -0.2) is 4.79 Å². The molecule has 1 N–H and O–H groups in total. The van der Waals surface area contributed by atoms with Crippen molar-refractivity contribution in [2.24, 2.45) is 0 Å². The van der Waals surface area contributed by atoms with Crippen LogP contribution in [0, 0.1) is 0 Å². The van der Waals surface area contributed by atoms with Crippen LogP contribution < -0.4 is 5.32 Å². The van der Waals surface area contributed by atoms with Crippen LogP contribution in [0.15, 0.2) is 30.3 Å². The van der Waals surface area contributed by atoms with Gasteiger partial charge in [0.1, 0.15) is 5.54 Å². The van der Waals surface area contributed by atoms with E-state index in [0.29, 0.717) is 31.7 Å². The van der Waals surface area contributed by atoms with Gasteiger partial charge in [0.05, 0.1) is 12.8 Å². The molecule has 2 heterocycles. The number of halogens is 3. The van der Waals surface area contributed by atoms with Gasteiger partial charge in [0.15, 0.2) is 0 Å². The number of hydrogen-bond acceptors (Lipinski definition) is 6. The smallest absolute Gasteiger partial charge is 0.331 e. The van der Waals surface area contributed by atoms with Gasteiger partial charge in [0.2, 0.25) is 5.91 Å². The second-order valence-corrected chi connectivity index (χ2v) is 10.2. The molecule has 0 spiro atoms. The number of likely N-dealkylation sites (tertiary alicyclic amines) is 1. The third-order valence-corrected chi connectivity index (χ3v) is 7.98. The topological polar surface area (TPSA) is 65.1 Å². The van der Waals surface area contributed by atoms with Crippen molar-refractivity contribution < 1.29 is 14.3 Å². The van der Waals surface area contributed by atoms with Crippen molar-refractivity contribution in [1.29, 1.82) is 0 Å². The van der Waals surface area contributed by atoms with Gasteiger partial charge in [-0.15, -0.1) is 37.2 Å². The summed E-state index contributed by atoms with van der Waals surface area (Å²) in [5, 5.41) is 2.93. The van der Waals surface area contributed by atoms with Crippen molar-refractivity contribution in [3.05, 3.63) is 35.9 Å². The predicted octanol–water partition coefficient (Wildman–Crippen LogP) is 4.26. The molecule has 7 nitrogen and oxygen atoms in total. The number of benzene rings is 1. The highest BCUT2D eigenvalue weighted by Crippen LogP contribution is 2.33. The van der Waals surface area contributed by atoms with E-state index < -0.39 is 5.54 Å². The second kappa shape index (κ2) is 16.1. The largest absolute Gasteiger partial charge is 0.464 e. The Morgan fingerprint density at radius 2 is 1.54 bits per heavy atom. The quantitative estimate of drug-likeness (QED) is 0.487. The van der Waals surface area contributed by atoms with E-state index in [4.69, 9.17) is 4.74 Å². The molecule has 212 valence electrons. The van der Waals surface area contributed by atoms with Crippen LogP contribution in [-0.4, -0.2) is 83.7 Å². The highest BCUT2D eigenvalue weighted by atomic mass is 35.5. The van der Waals surface area contributed by atoms with E-state index >= 15 is 0 Å². The van der Waals surface area contributed by atoms with Gasteiger partial charge in [-0.1, -0.05) is 30.3 Å². The SMILES string of the molecule is CCOC(=O)C1(NC(C)=O)CCC(N2CCN(C3CCCCN3Cc3ccccc3)CC2)CC1.Cl.Cl.Cl. The molecule has 1 saturated carbocycles. The molecule has 4 rings (SSSR count). The first-order valence-electron chi connectivity index (χ1n) is 13.2. The normalized spacial score (nSPS) is 27.1. The van der Waals surface area contributed by atoms with E-state index in [2.05, 4.69) is 50.3 Å². The Kier molecular flexibility index (Phi) is 14.8. The first-order valence-corrected chi connectivity index (χ1v) is 13.2. The summed E-state index contributed by atoms with van der Waals surface area (Å²) in [5.41, 5.74) is 0.555. The first kappa shape index (κ1) is 33.9. The summed E-state index contributed by atoms with van der Waals surface area (Å²) in [7, 11) is 0. The van der Waals surface area contributed by atoms with E-state index in [1.165, 1.54) is 38.3 Å². The van der Waals surface area contributed by atoms with Crippen LogP contribution in [0.25, 0.3) is 0 Å². The number of carbonyl (C=O) groups is 2. The van der Waals surface area contributed by atoms with Gasteiger partial charge >= 0.3 is 5.97 Å². The maximum Gasteiger partial charge on any atom is 0.331 e. The number of piperidine rings is 1. The van der Waals surface area contributed by atoms with Gasteiger partial charge in [-0.3, -0.25) is 19.5 Å². The van der Waals surface area contributed by atoms with Gasteiger partial charge in [-0.2, -0.15) is 0 Å². The summed E-state index contributed by atoms with van der Waals surface area (Å²) in [4.78, 5) is 32.4. The van der Waals surface area contributed by atoms with Crippen LogP contribution in [-0.2, 0) is 20.9 Å². The summed E-state index contributed by atoms with van der Waals surface area (Å²) >= 11 is 0. The molecule has 2 saturated heterocycles. The molecule has 1 aromatic carbocycles.